The number of aromatic nitrogens is 1. The number of carbonyl (C=O) groups excluding carboxylic acids is 2. The van der Waals surface area contributed by atoms with Crippen LogP contribution in [0, 0.1) is 17.7 Å². The van der Waals surface area contributed by atoms with Crippen LogP contribution in [0.2, 0.25) is 0 Å². The molecular weight excluding hydrogens is 437 g/mol. The predicted molar refractivity (Wildman–Crippen MR) is 126 cm³/mol. The third-order valence-corrected chi connectivity index (χ3v) is 6.99. The molecule has 1 aromatic carbocycles. The molecule has 0 spiro atoms. The topological polar surface area (TPSA) is 83.0 Å². The van der Waals surface area contributed by atoms with Gasteiger partial charge in [-0.1, -0.05) is 31.5 Å². The van der Waals surface area contributed by atoms with Crippen molar-refractivity contribution < 1.29 is 23.8 Å². The number of aliphatic hydroxyl groups excluding tert-OH is 1. The molecule has 4 rings (SSSR count). The van der Waals surface area contributed by atoms with Crippen LogP contribution in [0.15, 0.2) is 36.5 Å². The van der Waals surface area contributed by atoms with Crippen molar-refractivity contribution in [2.24, 2.45) is 11.8 Å². The fourth-order valence-electron chi connectivity index (χ4n) is 4.49. The number of carbonyl (C=O) groups is 2. The molecule has 2 aliphatic rings. The molecule has 3 atom stereocenters. The van der Waals surface area contributed by atoms with Gasteiger partial charge in [-0.15, -0.1) is 0 Å². The maximum atomic E-state index is 14.4. The molecule has 34 heavy (non-hydrogen) atoms. The van der Waals surface area contributed by atoms with Crippen LogP contribution in [0.5, 0.6) is 5.88 Å². The molecule has 1 aromatic heterocycles. The standard InChI is InChI=1S/C26H32FN3O4/c1-16-13-30(17(2)15-31)26(33)21-11-19(20-9-4-5-10-22(20)27)12-28-24(21)34-23(16)14-29(3)25(32)18-7-6-8-18/h4-5,9-12,16-18,23,31H,6-8,13-15H2,1-3H3/t16-,17+,23+/m1/s1. The SMILES string of the molecule is C[C@@H]1CN([C@@H](C)CO)C(=O)c2cc(-c3ccccc3F)cnc2O[C@H]1CN(C)C(=O)C1CCC1. The maximum absolute atomic E-state index is 14.4. The van der Waals surface area contributed by atoms with Crippen molar-refractivity contribution in [1.82, 2.24) is 14.8 Å². The largest absolute Gasteiger partial charge is 0.472 e. The summed E-state index contributed by atoms with van der Waals surface area (Å²) in [6.07, 6.45) is 4.02. The van der Waals surface area contributed by atoms with E-state index >= 15 is 0 Å². The number of benzene rings is 1. The number of fused-ring (bicyclic) bond motifs is 1. The lowest BCUT2D eigenvalue weighted by atomic mass is 9.84. The molecule has 2 amide bonds. The second-order valence-electron chi connectivity index (χ2n) is 9.53. The number of amides is 2. The van der Waals surface area contributed by atoms with Crippen LogP contribution in [0.4, 0.5) is 4.39 Å². The number of ether oxygens (including phenoxy) is 1. The highest BCUT2D eigenvalue weighted by Crippen LogP contribution is 2.32. The lowest BCUT2D eigenvalue weighted by Crippen LogP contribution is -2.51. The van der Waals surface area contributed by atoms with E-state index in [4.69, 9.17) is 4.74 Å². The molecule has 1 fully saturated rings. The number of hydrogen-bond acceptors (Lipinski definition) is 5. The number of aliphatic hydroxyl groups is 1. The second-order valence-corrected chi connectivity index (χ2v) is 9.53. The van der Waals surface area contributed by atoms with Crippen LogP contribution in [0.25, 0.3) is 11.1 Å². The summed E-state index contributed by atoms with van der Waals surface area (Å²) in [6, 6.07) is 7.49. The van der Waals surface area contributed by atoms with Gasteiger partial charge in [0.25, 0.3) is 5.91 Å². The third kappa shape index (κ3) is 4.78. The minimum Gasteiger partial charge on any atom is -0.472 e. The van der Waals surface area contributed by atoms with Gasteiger partial charge < -0.3 is 19.6 Å². The van der Waals surface area contributed by atoms with Gasteiger partial charge in [0, 0.05) is 42.8 Å². The van der Waals surface area contributed by atoms with Crippen molar-refractivity contribution in [3.05, 3.63) is 47.9 Å². The van der Waals surface area contributed by atoms with Crippen LogP contribution in [0.1, 0.15) is 43.5 Å². The molecule has 7 nitrogen and oxygen atoms in total. The summed E-state index contributed by atoms with van der Waals surface area (Å²) < 4.78 is 20.7. The van der Waals surface area contributed by atoms with Gasteiger partial charge in [-0.3, -0.25) is 9.59 Å². The Labute approximate surface area is 199 Å². The van der Waals surface area contributed by atoms with Gasteiger partial charge >= 0.3 is 0 Å². The highest BCUT2D eigenvalue weighted by atomic mass is 19.1. The highest BCUT2D eigenvalue weighted by Gasteiger charge is 2.36. The number of rotatable bonds is 6. The zero-order chi connectivity index (χ0) is 24.4. The minimum absolute atomic E-state index is 0.0788. The van der Waals surface area contributed by atoms with Gasteiger partial charge in [-0.25, -0.2) is 9.37 Å². The van der Waals surface area contributed by atoms with Crippen LogP contribution in [0.3, 0.4) is 0 Å². The lowest BCUT2D eigenvalue weighted by Gasteiger charge is -2.38. The Morgan fingerprint density at radius 2 is 2.06 bits per heavy atom. The van der Waals surface area contributed by atoms with Gasteiger partial charge in [0.2, 0.25) is 11.8 Å². The number of pyridine rings is 1. The van der Waals surface area contributed by atoms with E-state index in [0.717, 1.165) is 19.3 Å². The summed E-state index contributed by atoms with van der Waals surface area (Å²) in [5.41, 5.74) is 1.02. The number of hydrogen-bond donors (Lipinski definition) is 1. The van der Waals surface area contributed by atoms with E-state index in [1.165, 1.54) is 12.3 Å². The van der Waals surface area contributed by atoms with Crippen molar-refractivity contribution in [3.63, 3.8) is 0 Å². The zero-order valence-corrected chi connectivity index (χ0v) is 19.9. The number of halogens is 1. The quantitative estimate of drug-likeness (QED) is 0.702. The first-order valence-electron chi connectivity index (χ1n) is 11.9. The van der Waals surface area contributed by atoms with Gasteiger partial charge in [0.1, 0.15) is 17.5 Å². The van der Waals surface area contributed by atoms with Gasteiger partial charge in [-0.05, 0) is 31.9 Å². The monoisotopic (exact) mass is 469 g/mol. The van der Waals surface area contributed by atoms with Gasteiger partial charge in [-0.2, -0.15) is 0 Å². The van der Waals surface area contributed by atoms with Crippen molar-refractivity contribution in [3.8, 4) is 17.0 Å². The van der Waals surface area contributed by atoms with Gasteiger partial charge in [0.05, 0.1) is 19.2 Å². The van der Waals surface area contributed by atoms with Crippen molar-refractivity contribution >= 4 is 11.8 Å². The van der Waals surface area contributed by atoms with E-state index in [2.05, 4.69) is 4.98 Å². The number of likely N-dealkylation sites (N-methyl/N-ethyl adjacent to an activating group) is 1. The molecule has 0 bridgehead atoms. The van der Waals surface area contributed by atoms with Gasteiger partial charge in [0.15, 0.2) is 0 Å². The van der Waals surface area contributed by atoms with Crippen molar-refractivity contribution in [2.45, 2.75) is 45.3 Å². The molecule has 1 N–H and O–H groups in total. The Bertz CT molecular complexity index is 1060. The molecule has 0 saturated heterocycles. The van der Waals surface area contributed by atoms with E-state index in [-0.39, 0.29) is 41.7 Å². The third-order valence-electron chi connectivity index (χ3n) is 6.99. The van der Waals surface area contributed by atoms with Crippen LogP contribution in [-0.2, 0) is 4.79 Å². The Morgan fingerprint density at radius 3 is 2.71 bits per heavy atom. The molecular formula is C26H32FN3O4. The Balaban J connectivity index is 1.69. The average Bonchev–Trinajstić information content (AvgIpc) is 2.79. The Hall–Kier alpha value is -3.00. The molecule has 0 radical (unpaired) electrons. The second kappa shape index (κ2) is 10.1. The molecule has 0 unspecified atom stereocenters. The fraction of sp³-hybridized carbons (Fsp3) is 0.500. The van der Waals surface area contributed by atoms with E-state index in [9.17, 15) is 19.1 Å². The lowest BCUT2D eigenvalue weighted by molar-refractivity contribution is -0.138. The average molecular weight is 470 g/mol. The van der Waals surface area contributed by atoms with Crippen LogP contribution >= 0.6 is 0 Å². The Morgan fingerprint density at radius 1 is 1.32 bits per heavy atom. The van der Waals surface area contributed by atoms with Crippen molar-refractivity contribution in [2.75, 3.05) is 26.7 Å². The van der Waals surface area contributed by atoms with E-state index in [1.54, 1.807) is 48.0 Å². The number of nitrogens with zero attached hydrogens (tertiary/aromatic N) is 3. The smallest absolute Gasteiger partial charge is 0.259 e. The molecule has 1 aliphatic heterocycles. The van der Waals surface area contributed by atoms with Crippen LogP contribution in [-0.4, -0.2) is 70.6 Å². The Kier molecular flexibility index (Phi) is 7.16. The van der Waals surface area contributed by atoms with E-state index in [0.29, 0.717) is 24.2 Å². The first kappa shape index (κ1) is 24.1. The normalized spacial score (nSPS) is 21.6. The predicted octanol–water partition coefficient (Wildman–Crippen LogP) is 3.37. The fourth-order valence-corrected chi connectivity index (χ4v) is 4.49. The molecule has 2 heterocycles. The molecule has 182 valence electrons. The van der Waals surface area contributed by atoms with Crippen molar-refractivity contribution in [1.29, 1.82) is 0 Å². The summed E-state index contributed by atoms with van der Waals surface area (Å²) in [5, 5.41) is 9.81. The summed E-state index contributed by atoms with van der Waals surface area (Å²) in [6.45, 7) is 4.26. The first-order chi connectivity index (χ1) is 16.3. The maximum Gasteiger partial charge on any atom is 0.259 e. The first-order valence-corrected chi connectivity index (χ1v) is 11.9. The molecule has 8 heteroatoms. The van der Waals surface area contributed by atoms with E-state index < -0.39 is 18.0 Å². The molecule has 2 aromatic rings. The van der Waals surface area contributed by atoms with Crippen LogP contribution < -0.4 is 4.74 Å². The summed E-state index contributed by atoms with van der Waals surface area (Å²) in [4.78, 5) is 34.0. The summed E-state index contributed by atoms with van der Waals surface area (Å²) >= 11 is 0. The molecule has 1 aliphatic carbocycles. The highest BCUT2D eigenvalue weighted by molar-refractivity contribution is 5.98. The summed E-state index contributed by atoms with van der Waals surface area (Å²) in [5.74, 6) is -0.505. The minimum atomic E-state index is -0.423. The van der Waals surface area contributed by atoms with E-state index in [1.807, 2.05) is 6.92 Å². The molecule has 1 saturated carbocycles. The zero-order valence-electron chi connectivity index (χ0n) is 19.9. The summed E-state index contributed by atoms with van der Waals surface area (Å²) in [7, 11) is 1.78.